The average Bonchev–Trinajstić information content (AvgIpc) is 3.03. The zero-order valence-corrected chi connectivity index (χ0v) is 16.3. The van der Waals surface area contributed by atoms with Crippen LogP contribution in [0.15, 0.2) is 12.5 Å². The minimum Gasteiger partial charge on any atom is -0.444 e. The maximum absolute atomic E-state index is 12.2. The summed E-state index contributed by atoms with van der Waals surface area (Å²) in [6.07, 6.45) is 4.32. The van der Waals surface area contributed by atoms with Crippen molar-refractivity contribution in [3.05, 3.63) is 18.2 Å². The molecule has 0 unspecified atom stereocenters. The van der Waals surface area contributed by atoms with E-state index in [2.05, 4.69) is 33.9 Å². The summed E-state index contributed by atoms with van der Waals surface area (Å²) in [5, 5.41) is 8.34. The monoisotopic (exact) mass is 360 g/mol. The molecule has 8 heteroatoms. The zero-order valence-electron chi connectivity index (χ0n) is 16.3. The predicted molar refractivity (Wildman–Crippen MR) is 99.3 cm³/mol. The Morgan fingerprint density at radius 3 is 2.54 bits per heavy atom. The smallest absolute Gasteiger partial charge is 0.410 e. The molecule has 142 valence electrons. The van der Waals surface area contributed by atoms with Gasteiger partial charge in [0.1, 0.15) is 11.9 Å². The standard InChI is InChI=1S/C18H28N6O2/c1-13(2)10-14-11-19-15(16-21-20-12-24(14)16)22-6-8-23(9-7-22)17(25)26-18(3,4)5/h11-13H,6-10H2,1-5H3. The molecule has 3 rings (SSSR count). The molecule has 26 heavy (non-hydrogen) atoms. The number of hydrogen-bond acceptors (Lipinski definition) is 6. The molecule has 3 heterocycles. The van der Waals surface area contributed by atoms with E-state index in [1.165, 1.54) is 0 Å². The molecule has 1 aliphatic rings. The summed E-state index contributed by atoms with van der Waals surface area (Å²) in [7, 11) is 0. The Balaban J connectivity index is 1.72. The van der Waals surface area contributed by atoms with E-state index in [1.54, 1.807) is 11.2 Å². The van der Waals surface area contributed by atoms with E-state index in [4.69, 9.17) is 4.74 Å². The van der Waals surface area contributed by atoms with Crippen LogP contribution in [0.25, 0.3) is 5.65 Å². The first-order valence-corrected chi connectivity index (χ1v) is 9.15. The van der Waals surface area contributed by atoms with Crippen molar-refractivity contribution in [2.75, 3.05) is 31.1 Å². The van der Waals surface area contributed by atoms with Crippen molar-refractivity contribution in [3.8, 4) is 0 Å². The van der Waals surface area contributed by atoms with Crippen molar-refractivity contribution in [3.63, 3.8) is 0 Å². The Morgan fingerprint density at radius 1 is 1.23 bits per heavy atom. The number of carbonyl (C=O) groups excluding carboxylic acids is 1. The molecular formula is C18H28N6O2. The first-order valence-electron chi connectivity index (χ1n) is 9.15. The lowest BCUT2D eigenvalue weighted by atomic mass is 10.1. The number of rotatable bonds is 3. The largest absolute Gasteiger partial charge is 0.444 e. The van der Waals surface area contributed by atoms with Crippen LogP contribution in [-0.2, 0) is 11.2 Å². The van der Waals surface area contributed by atoms with Crippen LogP contribution in [0.2, 0.25) is 0 Å². The van der Waals surface area contributed by atoms with Crippen molar-refractivity contribution in [1.29, 1.82) is 0 Å². The molecule has 0 N–H and O–H groups in total. The third kappa shape index (κ3) is 4.05. The number of carbonyl (C=O) groups is 1. The van der Waals surface area contributed by atoms with E-state index in [1.807, 2.05) is 31.4 Å². The van der Waals surface area contributed by atoms with E-state index in [0.717, 1.165) is 23.6 Å². The molecule has 2 aromatic heterocycles. The second-order valence-corrected chi connectivity index (χ2v) is 8.15. The molecule has 0 aliphatic carbocycles. The topological polar surface area (TPSA) is 75.9 Å². The molecule has 2 aromatic rings. The maximum atomic E-state index is 12.2. The number of piperazine rings is 1. The third-order valence-electron chi connectivity index (χ3n) is 4.24. The normalized spacial score (nSPS) is 15.8. The molecule has 0 saturated carbocycles. The fraction of sp³-hybridized carbons (Fsp3) is 0.667. The van der Waals surface area contributed by atoms with E-state index in [9.17, 15) is 4.79 Å². The number of fused-ring (bicyclic) bond motifs is 1. The number of aromatic nitrogens is 4. The Hall–Kier alpha value is -2.38. The molecule has 1 amide bonds. The van der Waals surface area contributed by atoms with Crippen LogP contribution in [0.1, 0.15) is 40.3 Å². The quantitative estimate of drug-likeness (QED) is 0.836. The van der Waals surface area contributed by atoms with Crippen molar-refractivity contribution < 1.29 is 9.53 Å². The van der Waals surface area contributed by atoms with Gasteiger partial charge in [0.2, 0.25) is 5.65 Å². The summed E-state index contributed by atoms with van der Waals surface area (Å²) >= 11 is 0. The summed E-state index contributed by atoms with van der Waals surface area (Å²) in [6, 6.07) is 0. The van der Waals surface area contributed by atoms with E-state index in [0.29, 0.717) is 32.1 Å². The van der Waals surface area contributed by atoms with E-state index < -0.39 is 5.60 Å². The predicted octanol–water partition coefficient (Wildman–Crippen LogP) is 2.38. The van der Waals surface area contributed by atoms with Gasteiger partial charge in [0.05, 0.1) is 0 Å². The SMILES string of the molecule is CC(C)Cc1cnc(N2CCN(C(=O)OC(C)(C)C)CC2)c2nncn12. The second kappa shape index (κ2) is 7.09. The number of anilines is 1. The minimum absolute atomic E-state index is 0.259. The summed E-state index contributed by atoms with van der Waals surface area (Å²) < 4.78 is 7.47. The van der Waals surface area contributed by atoms with Crippen molar-refractivity contribution >= 4 is 17.6 Å². The van der Waals surface area contributed by atoms with Crippen LogP contribution in [0.5, 0.6) is 0 Å². The minimum atomic E-state index is -0.476. The number of amides is 1. The van der Waals surface area contributed by atoms with Crippen LogP contribution in [0, 0.1) is 5.92 Å². The fourth-order valence-electron chi connectivity index (χ4n) is 3.07. The van der Waals surface area contributed by atoms with Crippen molar-refractivity contribution in [2.45, 2.75) is 46.6 Å². The molecule has 1 aliphatic heterocycles. The van der Waals surface area contributed by atoms with Gasteiger partial charge in [-0.25, -0.2) is 9.78 Å². The van der Waals surface area contributed by atoms with Crippen LogP contribution < -0.4 is 4.90 Å². The van der Waals surface area contributed by atoms with Crippen molar-refractivity contribution in [1.82, 2.24) is 24.5 Å². The van der Waals surface area contributed by atoms with Gasteiger partial charge in [-0.2, -0.15) is 0 Å². The highest BCUT2D eigenvalue weighted by Crippen LogP contribution is 2.21. The van der Waals surface area contributed by atoms with Crippen LogP contribution in [-0.4, -0.2) is 62.4 Å². The second-order valence-electron chi connectivity index (χ2n) is 8.15. The lowest BCUT2D eigenvalue weighted by molar-refractivity contribution is 0.0240. The summed E-state index contributed by atoms with van der Waals surface area (Å²) in [6.45, 7) is 12.6. The van der Waals surface area contributed by atoms with E-state index >= 15 is 0 Å². The third-order valence-corrected chi connectivity index (χ3v) is 4.24. The zero-order chi connectivity index (χ0) is 18.9. The first-order chi connectivity index (χ1) is 12.2. The maximum Gasteiger partial charge on any atom is 0.410 e. The van der Waals surface area contributed by atoms with Crippen molar-refractivity contribution in [2.24, 2.45) is 5.92 Å². The van der Waals surface area contributed by atoms with Crippen LogP contribution in [0.3, 0.4) is 0 Å². The molecule has 0 bridgehead atoms. The van der Waals surface area contributed by atoms with Gasteiger partial charge in [-0.05, 0) is 33.1 Å². The molecule has 0 aromatic carbocycles. The molecular weight excluding hydrogens is 332 g/mol. The molecule has 1 fully saturated rings. The molecule has 8 nitrogen and oxygen atoms in total. The van der Waals surface area contributed by atoms with Gasteiger partial charge in [0.15, 0.2) is 5.82 Å². The van der Waals surface area contributed by atoms with Gasteiger partial charge >= 0.3 is 6.09 Å². The number of ether oxygens (including phenoxy) is 1. The van der Waals surface area contributed by atoms with Gasteiger partial charge < -0.3 is 14.5 Å². The highest BCUT2D eigenvalue weighted by atomic mass is 16.6. The number of nitrogens with zero attached hydrogens (tertiary/aromatic N) is 6. The highest BCUT2D eigenvalue weighted by molar-refractivity contribution is 5.69. The van der Waals surface area contributed by atoms with Crippen LogP contribution >= 0.6 is 0 Å². The molecule has 0 radical (unpaired) electrons. The van der Waals surface area contributed by atoms with Gasteiger partial charge in [0, 0.05) is 38.1 Å². The molecule has 1 saturated heterocycles. The van der Waals surface area contributed by atoms with Crippen LogP contribution in [0.4, 0.5) is 10.6 Å². The van der Waals surface area contributed by atoms with Gasteiger partial charge in [-0.15, -0.1) is 10.2 Å². The Morgan fingerprint density at radius 2 is 1.92 bits per heavy atom. The summed E-state index contributed by atoms with van der Waals surface area (Å²) in [4.78, 5) is 20.8. The average molecular weight is 360 g/mol. The summed E-state index contributed by atoms with van der Waals surface area (Å²) in [5.41, 5.74) is 1.40. The lowest BCUT2D eigenvalue weighted by Gasteiger charge is -2.36. The van der Waals surface area contributed by atoms with E-state index in [-0.39, 0.29) is 6.09 Å². The first kappa shape index (κ1) is 18.4. The van der Waals surface area contributed by atoms with Gasteiger partial charge in [0.25, 0.3) is 0 Å². The molecule has 0 atom stereocenters. The Bertz CT molecular complexity index is 772. The fourth-order valence-corrected chi connectivity index (χ4v) is 3.07. The Kier molecular flexibility index (Phi) is 5.02. The van der Waals surface area contributed by atoms with Gasteiger partial charge in [-0.1, -0.05) is 13.8 Å². The highest BCUT2D eigenvalue weighted by Gasteiger charge is 2.27. The molecule has 0 spiro atoms. The lowest BCUT2D eigenvalue weighted by Crippen LogP contribution is -2.50. The number of hydrogen-bond donors (Lipinski definition) is 0. The Labute approximate surface area is 154 Å². The van der Waals surface area contributed by atoms with Gasteiger partial charge in [-0.3, -0.25) is 4.40 Å². The summed E-state index contributed by atoms with van der Waals surface area (Å²) in [5.74, 6) is 1.35.